The van der Waals surface area contributed by atoms with Gasteiger partial charge in [-0.3, -0.25) is 0 Å². The molecule has 0 aliphatic heterocycles. The Hall–Kier alpha value is -0.990. The van der Waals surface area contributed by atoms with Gasteiger partial charge >= 0.3 is 0 Å². The number of hydrogen-bond donors (Lipinski definition) is 2. The normalized spacial score (nSPS) is 12.4. The van der Waals surface area contributed by atoms with Crippen molar-refractivity contribution in [2.45, 2.75) is 12.8 Å². The van der Waals surface area contributed by atoms with Crippen molar-refractivity contribution in [1.29, 1.82) is 0 Å². The minimum absolute atomic E-state index is 0. The van der Waals surface area contributed by atoms with Gasteiger partial charge in [0.05, 0.1) is 0 Å². The molecule has 1 aromatic carbocycles. The highest BCUT2D eigenvalue weighted by atomic mass is 35.5. The first-order valence-electron chi connectivity index (χ1n) is 4.59. The number of aromatic nitrogens is 1. The zero-order valence-corrected chi connectivity index (χ0v) is 8.97. The lowest BCUT2D eigenvalue weighted by Gasteiger charge is -2.05. The summed E-state index contributed by atoms with van der Waals surface area (Å²) < 4.78 is 0. The predicted octanol–water partition coefficient (Wildman–Crippen LogP) is 2.65. The summed E-state index contributed by atoms with van der Waals surface area (Å²) in [6.07, 6.45) is 2.06. The average molecular weight is 211 g/mol. The number of H-pyrrole nitrogens is 1. The lowest BCUT2D eigenvalue weighted by molar-refractivity contribution is 0.780. The van der Waals surface area contributed by atoms with Crippen LogP contribution in [-0.2, 0) is 0 Å². The van der Waals surface area contributed by atoms with Crippen molar-refractivity contribution in [2.24, 2.45) is 5.73 Å². The molecule has 0 saturated carbocycles. The molecular weight excluding hydrogens is 196 g/mol. The zero-order chi connectivity index (χ0) is 9.26. The van der Waals surface area contributed by atoms with Gasteiger partial charge in [0.1, 0.15) is 0 Å². The molecule has 0 saturated heterocycles. The second-order valence-electron chi connectivity index (χ2n) is 3.43. The molecule has 0 fully saturated rings. The Morgan fingerprint density at radius 2 is 2.07 bits per heavy atom. The van der Waals surface area contributed by atoms with Crippen LogP contribution in [-0.4, -0.2) is 11.5 Å². The van der Waals surface area contributed by atoms with Crippen LogP contribution in [0.15, 0.2) is 30.5 Å². The van der Waals surface area contributed by atoms with Crippen LogP contribution in [0.3, 0.4) is 0 Å². The summed E-state index contributed by atoms with van der Waals surface area (Å²) in [5.41, 5.74) is 8.15. The molecule has 0 radical (unpaired) electrons. The van der Waals surface area contributed by atoms with Gasteiger partial charge in [-0.25, -0.2) is 0 Å². The van der Waals surface area contributed by atoms with E-state index < -0.39 is 0 Å². The van der Waals surface area contributed by atoms with Crippen molar-refractivity contribution in [3.8, 4) is 0 Å². The van der Waals surface area contributed by atoms with Gasteiger partial charge < -0.3 is 10.7 Å². The molecule has 0 aliphatic carbocycles. The quantitative estimate of drug-likeness (QED) is 0.786. The van der Waals surface area contributed by atoms with Gasteiger partial charge in [0.25, 0.3) is 0 Å². The minimum atomic E-state index is 0. The molecule has 14 heavy (non-hydrogen) atoms. The van der Waals surface area contributed by atoms with Crippen LogP contribution in [0, 0.1) is 0 Å². The molecule has 1 unspecified atom stereocenters. The Morgan fingerprint density at radius 1 is 1.36 bits per heavy atom. The largest absolute Gasteiger partial charge is 0.361 e. The molecular formula is C11H15ClN2. The van der Waals surface area contributed by atoms with E-state index in [2.05, 4.69) is 36.3 Å². The number of rotatable bonds is 2. The number of aromatic amines is 1. The fourth-order valence-electron chi connectivity index (χ4n) is 1.63. The van der Waals surface area contributed by atoms with E-state index in [-0.39, 0.29) is 12.4 Å². The first-order valence-corrected chi connectivity index (χ1v) is 4.59. The molecule has 3 heteroatoms. The van der Waals surface area contributed by atoms with Gasteiger partial charge in [0.2, 0.25) is 0 Å². The van der Waals surface area contributed by atoms with Crippen molar-refractivity contribution in [3.63, 3.8) is 0 Å². The Bertz CT molecular complexity index is 408. The second kappa shape index (κ2) is 4.49. The highest BCUT2D eigenvalue weighted by Gasteiger charge is 2.08. The van der Waals surface area contributed by atoms with Gasteiger partial charge in [-0.2, -0.15) is 0 Å². The van der Waals surface area contributed by atoms with E-state index in [1.807, 2.05) is 6.07 Å². The van der Waals surface area contributed by atoms with Crippen LogP contribution in [0.4, 0.5) is 0 Å². The number of para-hydroxylation sites is 1. The molecule has 3 N–H and O–H groups in total. The Labute approximate surface area is 89.9 Å². The van der Waals surface area contributed by atoms with E-state index >= 15 is 0 Å². The molecule has 0 amide bonds. The summed E-state index contributed by atoms with van der Waals surface area (Å²) in [5.74, 6) is 0.427. The third kappa shape index (κ3) is 1.76. The van der Waals surface area contributed by atoms with E-state index in [9.17, 15) is 0 Å². The van der Waals surface area contributed by atoms with Crippen LogP contribution < -0.4 is 5.73 Å². The maximum Gasteiger partial charge on any atom is 0.0456 e. The van der Waals surface area contributed by atoms with Crippen molar-refractivity contribution in [1.82, 2.24) is 4.98 Å². The third-order valence-corrected chi connectivity index (χ3v) is 2.51. The van der Waals surface area contributed by atoms with Crippen LogP contribution in [0.5, 0.6) is 0 Å². The van der Waals surface area contributed by atoms with Gasteiger partial charge in [-0.15, -0.1) is 12.4 Å². The number of benzene rings is 1. The molecule has 2 rings (SSSR count). The minimum Gasteiger partial charge on any atom is -0.361 e. The van der Waals surface area contributed by atoms with Crippen LogP contribution in [0.25, 0.3) is 10.9 Å². The Morgan fingerprint density at radius 3 is 2.79 bits per heavy atom. The lowest BCUT2D eigenvalue weighted by atomic mass is 10.0. The standard InChI is InChI=1S/C11H14N2.ClH/c1-8(6-12)10-7-13-11-5-3-2-4-9(10)11;/h2-5,7-8,13H,6,12H2,1H3;1H. The fourth-order valence-corrected chi connectivity index (χ4v) is 1.63. The second-order valence-corrected chi connectivity index (χ2v) is 3.43. The van der Waals surface area contributed by atoms with Crippen molar-refractivity contribution < 1.29 is 0 Å². The van der Waals surface area contributed by atoms with Gasteiger partial charge in [0, 0.05) is 17.1 Å². The summed E-state index contributed by atoms with van der Waals surface area (Å²) in [4.78, 5) is 3.25. The number of hydrogen-bond acceptors (Lipinski definition) is 1. The number of halogens is 1. The summed E-state index contributed by atoms with van der Waals surface area (Å²) in [5, 5.41) is 1.29. The maximum atomic E-state index is 5.64. The fraction of sp³-hybridized carbons (Fsp3) is 0.273. The Kier molecular flexibility index (Phi) is 3.55. The number of nitrogens with two attached hydrogens (primary N) is 1. The molecule has 0 aliphatic rings. The van der Waals surface area contributed by atoms with E-state index in [4.69, 9.17) is 5.73 Å². The summed E-state index contributed by atoms with van der Waals surface area (Å²) >= 11 is 0. The number of fused-ring (bicyclic) bond motifs is 1. The van der Waals surface area contributed by atoms with E-state index in [1.54, 1.807) is 0 Å². The van der Waals surface area contributed by atoms with Crippen molar-refractivity contribution in [2.75, 3.05) is 6.54 Å². The maximum absolute atomic E-state index is 5.64. The monoisotopic (exact) mass is 210 g/mol. The Balaban J connectivity index is 0.000000980. The van der Waals surface area contributed by atoms with Crippen LogP contribution in [0.2, 0.25) is 0 Å². The third-order valence-electron chi connectivity index (χ3n) is 2.51. The topological polar surface area (TPSA) is 41.8 Å². The van der Waals surface area contributed by atoms with Gasteiger partial charge in [-0.1, -0.05) is 25.1 Å². The molecule has 2 nitrogen and oxygen atoms in total. The molecule has 1 heterocycles. The van der Waals surface area contributed by atoms with Gasteiger partial charge in [-0.05, 0) is 24.1 Å². The molecule has 76 valence electrons. The first-order chi connectivity index (χ1) is 6.33. The van der Waals surface area contributed by atoms with Gasteiger partial charge in [0.15, 0.2) is 0 Å². The number of nitrogens with one attached hydrogen (secondary N) is 1. The zero-order valence-electron chi connectivity index (χ0n) is 8.16. The summed E-state index contributed by atoms with van der Waals surface area (Å²) in [6, 6.07) is 8.31. The summed E-state index contributed by atoms with van der Waals surface area (Å²) in [7, 11) is 0. The predicted molar refractivity (Wildman–Crippen MR) is 63.0 cm³/mol. The first kappa shape index (κ1) is 11.1. The average Bonchev–Trinajstić information content (AvgIpc) is 2.60. The molecule has 1 aromatic heterocycles. The highest BCUT2D eigenvalue weighted by Crippen LogP contribution is 2.24. The molecule has 0 bridgehead atoms. The van der Waals surface area contributed by atoms with Crippen molar-refractivity contribution in [3.05, 3.63) is 36.0 Å². The molecule has 0 spiro atoms. The van der Waals surface area contributed by atoms with Crippen LogP contribution >= 0.6 is 12.4 Å². The smallest absolute Gasteiger partial charge is 0.0456 e. The molecule has 1 atom stereocenters. The lowest BCUT2D eigenvalue weighted by Crippen LogP contribution is -2.08. The van der Waals surface area contributed by atoms with E-state index in [0.717, 1.165) is 0 Å². The summed E-state index contributed by atoms with van der Waals surface area (Å²) in [6.45, 7) is 2.84. The van der Waals surface area contributed by atoms with Crippen LogP contribution in [0.1, 0.15) is 18.4 Å². The van der Waals surface area contributed by atoms with E-state index in [0.29, 0.717) is 12.5 Å². The van der Waals surface area contributed by atoms with Crippen molar-refractivity contribution >= 4 is 23.3 Å². The van der Waals surface area contributed by atoms with E-state index in [1.165, 1.54) is 16.5 Å². The molecule has 2 aromatic rings. The highest BCUT2D eigenvalue weighted by molar-refractivity contribution is 5.85. The SMILES string of the molecule is CC(CN)c1c[nH]c2ccccc12.Cl.